The summed E-state index contributed by atoms with van der Waals surface area (Å²) in [7, 11) is 1.74. The van der Waals surface area contributed by atoms with Gasteiger partial charge in [-0.25, -0.2) is 0 Å². The van der Waals surface area contributed by atoms with E-state index in [4.69, 9.17) is 0 Å². The number of likely N-dealkylation sites (N-methyl/N-ethyl adjacent to an activating group) is 1. The zero-order valence-corrected chi connectivity index (χ0v) is 14.8. The number of pyridine rings is 2. The smallest absolute Gasteiger partial charge is 0.240 e. The SMILES string of the molecule is CNC(=O)C1(CCCc2cccnc2)CCCN1Cc1ccccn1. The minimum Gasteiger partial charge on any atom is -0.358 e. The molecule has 2 aromatic rings. The third-order valence-electron chi connectivity index (χ3n) is 5.13. The fraction of sp³-hybridized carbons (Fsp3) is 0.450. The molecule has 1 amide bonds. The van der Waals surface area contributed by atoms with Crippen molar-refractivity contribution in [1.29, 1.82) is 0 Å². The van der Waals surface area contributed by atoms with Crippen LogP contribution < -0.4 is 5.32 Å². The molecule has 1 fully saturated rings. The first-order valence-corrected chi connectivity index (χ1v) is 9.01. The summed E-state index contributed by atoms with van der Waals surface area (Å²) in [6.45, 7) is 1.66. The van der Waals surface area contributed by atoms with Crippen LogP contribution in [0.4, 0.5) is 0 Å². The number of rotatable bonds is 7. The van der Waals surface area contributed by atoms with Crippen molar-refractivity contribution in [3.8, 4) is 0 Å². The summed E-state index contributed by atoms with van der Waals surface area (Å²) in [4.78, 5) is 23.7. The second-order valence-electron chi connectivity index (χ2n) is 6.67. The lowest BCUT2D eigenvalue weighted by Crippen LogP contribution is -2.54. The molecule has 2 aromatic heterocycles. The van der Waals surface area contributed by atoms with E-state index in [2.05, 4.69) is 26.3 Å². The number of nitrogens with one attached hydrogen (secondary N) is 1. The second kappa shape index (κ2) is 8.21. The van der Waals surface area contributed by atoms with Crippen LogP contribution in [0.25, 0.3) is 0 Å². The Morgan fingerprint density at radius 1 is 1.28 bits per heavy atom. The van der Waals surface area contributed by atoms with Gasteiger partial charge >= 0.3 is 0 Å². The van der Waals surface area contributed by atoms with Gasteiger partial charge in [-0.3, -0.25) is 19.7 Å². The second-order valence-corrected chi connectivity index (χ2v) is 6.67. The highest BCUT2D eigenvalue weighted by Gasteiger charge is 2.46. The van der Waals surface area contributed by atoms with Crippen molar-refractivity contribution in [1.82, 2.24) is 20.2 Å². The molecular formula is C20H26N4O. The average molecular weight is 338 g/mol. The third-order valence-corrected chi connectivity index (χ3v) is 5.13. The zero-order chi connectivity index (χ0) is 17.5. The Morgan fingerprint density at radius 3 is 2.92 bits per heavy atom. The van der Waals surface area contributed by atoms with E-state index in [1.807, 2.05) is 36.7 Å². The molecule has 1 aliphatic heterocycles. The van der Waals surface area contributed by atoms with Crippen LogP contribution in [-0.4, -0.2) is 39.9 Å². The molecule has 0 bridgehead atoms. The van der Waals surface area contributed by atoms with Gasteiger partial charge in [0.05, 0.1) is 5.69 Å². The summed E-state index contributed by atoms with van der Waals surface area (Å²) < 4.78 is 0. The Hall–Kier alpha value is -2.27. The normalized spacial score (nSPS) is 20.5. The van der Waals surface area contributed by atoms with E-state index in [0.29, 0.717) is 0 Å². The van der Waals surface area contributed by atoms with Gasteiger partial charge in [-0.2, -0.15) is 0 Å². The lowest BCUT2D eigenvalue weighted by Gasteiger charge is -2.37. The van der Waals surface area contributed by atoms with Crippen molar-refractivity contribution < 1.29 is 4.79 Å². The Bertz CT molecular complexity index is 677. The highest BCUT2D eigenvalue weighted by Crippen LogP contribution is 2.35. The van der Waals surface area contributed by atoms with Gasteiger partial charge in [0.25, 0.3) is 0 Å². The highest BCUT2D eigenvalue weighted by atomic mass is 16.2. The number of hydrogen-bond donors (Lipinski definition) is 1. The van der Waals surface area contributed by atoms with Crippen LogP contribution in [0.3, 0.4) is 0 Å². The molecule has 5 heteroatoms. The number of nitrogens with zero attached hydrogens (tertiary/aromatic N) is 3. The van der Waals surface area contributed by atoms with E-state index >= 15 is 0 Å². The van der Waals surface area contributed by atoms with E-state index in [9.17, 15) is 4.79 Å². The molecule has 1 unspecified atom stereocenters. The molecule has 0 radical (unpaired) electrons. The molecule has 3 heterocycles. The standard InChI is InChI=1S/C20H26N4O/c1-21-19(25)20(10-4-7-17-8-5-12-22-15-17)11-6-14-24(20)16-18-9-2-3-13-23-18/h2-3,5,8-9,12-13,15H,4,6-7,10-11,14,16H2,1H3,(H,21,25). The Balaban J connectivity index is 1.71. The first-order chi connectivity index (χ1) is 12.2. The number of carbonyl (C=O) groups excluding carboxylic acids is 1. The lowest BCUT2D eigenvalue weighted by atomic mass is 9.87. The summed E-state index contributed by atoms with van der Waals surface area (Å²) in [6.07, 6.45) is 10.2. The fourth-order valence-corrected chi connectivity index (χ4v) is 3.87. The Morgan fingerprint density at radius 2 is 2.20 bits per heavy atom. The van der Waals surface area contributed by atoms with E-state index in [1.165, 1.54) is 5.56 Å². The molecule has 1 aliphatic rings. The van der Waals surface area contributed by atoms with Gasteiger partial charge in [-0.15, -0.1) is 0 Å². The van der Waals surface area contributed by atoms with Gasteiger partial charge < -0.3 is 5.32 Å². The summed E-state index contributed by atoms with van der Waals surface area (Å²) in [5, 5.41) is 2.90. The van der Waals surface area contributed by atoms with Crippen molar-refractivity contribution in [2.45, 2.75) is 44.2 Å². The molecule has 1 atom stereocenters. The lowest BCUT2D eigenvalue weighted by molar-refractivity contribution is -0.132. The predicted molar refractivity (Wildman–Crippen MR) is 97.9 cm³/mol. The zero-order valence-electron chi connectivity index (χ0n) is 14.8. The maximum absolute atomic E-state index is 12.8. The number of hydrogen-bond acceptors (Lipinski definition) is 4. The first kappa shape index (κ1) is 17.5. The number of aromatic nitrogens is 2. The largest absolute Gasteiger partial charge is 0.358 e. The molecule has 0 aliphatic carbocycles. The van der Waals surface area contributed by atoms with Crippen LogP contribution in [0.1, 0.15) is 36.9 Å². The van der Waals surface area contributed by atoms with Crippen molar-refractivity contribution in [2.24, 2.45) is 0 Å². The molecule has 1 N–H and O–H groups in total. The van der Waals surface area contributed by atoms with Crippen molar-refractivity contribution in [3.05, 3.63) is 60.2 Å². The first-order valence-electron chi connectivity index (χ1n) is 9.01. The Kier molecular flexibility index (Phi) is 5.76. The number of amides is 1. The van der Waals surface area contributed by atoms with E-state index in [-0.39, 0.29) is 5.91 Å². The highest BCUT2D eigenvalue weighted by molar-refractivity contribution is 5.86. The predicted octanol–water partition coefficient (Wildman–Crippen LogP) is 2.58. The number of carbonyl (C=O) groups is 1. The summed E-state index contributed by atoms with van der Waals surface area (Å²) >= 11 is 0. The molecule has 0 aromatic carbocycles. The van der Waals surface area contributed by atoms with E-state index in [1.54, 1.807) is 13.2 Å². The third kappa shape index (κ3) is 4.04. The summed E-state index contributed by atoms with van der Waals surface area (Å²) in [6, 6.07) is 10.0. The van der Waals surface area contributed by atoms with Gasteiger partial charge in [-0.05, 0) is 62.4 Å². The van der Waals surface area contributed by atoms with Crippen molar-refractivity contribution in [2.75, 3.05) is 13.6 Å². The molecule has 1 saturated heterocycles. The van der Waals surface area contributed by atoms with Crippen LogP contribution in [0, 0.1) is 0 Å². The molecule has 3 rings (SSSR count). The van der Waals surface area contributed by atoms with Gasteiger partial charge in [-0.1, -0.05) is 12.1 Å². The van der Waals surface area contributed by atoms with E-state index < -0.39 is 5.54 Å². The van der Waals surface area contributed by atoms with Crippen LogP contribution in [0.2, 0.25) is 0 Å². The summed E-state index contributed by atoms with van der Waals surface area (Å²) in [5.74, 6) is 0.132. The topological polar surface area (TPSA) is 58.1 Å². The van der Waals surface area contributed by atoms with Gasteiger partial charge in [0.1, 0.15) is 5.54 Å². The molecular weight excluding hydrogens is 312 g/mol. The average Bonchev–Trinajstić information content (AvgIpc) is 3.06. The molecule has 5 nitrogen and oxygen atoms in total. The number of likely N-dealkylation sites (tertiary alicyclic amines) is 1. The quantitative estimate of drug-likeness (QED) is 0.843. The van der Waals surface area contributed by atoms with Crippen LogP contribution in [0.5, 0.6) is 0 Å². The van der Waals surface area contributed by atoms with Crippen LogP contribution in [0.15, 0.2) is 48.9 Å². The van der Waals surface area contributed by atoms with Crippen molar-refractivity contribution >= 4 is 5.91 Å². The Labute approximate surface area is 149 Å². The van der Waals surface area contributed by atoms with Crippen molar-refractivity contribution in [3.63, 3.8) is 0 Å². The summed E-state index contributed by atoms with van der Waals surface area (Å²) in [5.41, 5.74) is 1.82. The van der Waals surface area contributed by atoms with Crippen LogP contribution >= 0.6 is 0 Å². The number of aryl methyl sites for hydroxylation is 1. The van der Waals surface area contributed by atoms with Gasteiger partial charge in [0, 0.05) is 32.2 Å². The van der Waals surface area contributed by atoms with Crippen LogP contribution in [-0.2, 0) is 17.8 Å². The molecule has 0 spiro atoms. The molecule has 132 valence electrons. The van der Waals surface area contributed by atoms with E-state index in [0.717, 1.165) is 50.9 Å². The van der Waals surface area contributed by atoms with Gasteiger partial charge in [0.2, 0.25) is 5.91 Å². The minimum absolute atomic E-state index is 0.132. The minimum atomic E-state index is -0.422. The molecule has 25 heavy (non-hydrogen) atoms. The fourth-order valence-electron chi connectivity index (χ4n) is 3.87. The van der Waals surface area contributed by atoms with Gasteiger partial charge in [0.15, 0.2) is 0 Å². The maximum Gasteiger partial charge on any atom is 0.240 e. The monoisotopic (exact) mass is 338 g/mol. The molecule has 0 saturated carbocycles. The maximum atomic E-state index is 12.8.